The van der Waals surface area contributed by atoms with E-state index in [0.717, 1.165) is 9.80 Å². The van der Waals surface area contributed by atoms with Crippen LogP contribution in [-0.2, 0) is 19.2 Å². The molecule has 0 saturated heterocycles. The molecule has 0 unspecified atom stereocenters. The third-order valence-electron chi connectivity index (χ3n) is 4.26. The Morgan fingerprint density at radius 1 is 0.636 bits per heavy atom. The second-order valence-corrected chi connectivity index (χ2v) is 6.81. The monoisotopic (exact) mass is 459 g/mol. The highest BCUT2D eigenvalue weighted by atomic mass is 16.4. The average Bonchev–Trinajstić information content (AvgIpc) is 2.72. The molecule has 12 nitrogen and oxygen atoms in total. The topological polar surface area (TPSA) is 185 Å². The van der Waals surface area contributed by atoms with E-state index in [1.54, 1.807) is 30.3 Å². The molecule has 5 N–H and O–H groups in total. The van der Waals surface area contributed by atoms with Crippen LogP contribution in [0, 0.1) is 0 Å². The quantitative estimate of drug-likeness (QED) is 0.303. The largest absolute Gasteiger partial charge is 0.480 e. The molecule has 0 heterocycles. The number of benzene rings is 2. The van der Waals surface area contributed by atoms with Gasteiger partial charge in [-0.3, -0.25) is 24.0 Å². The van der Waals surface area contributed by atoms with E-state index in [2.05, 4.69) is 5.32 Å². The lowest BCUT2D eigenvalue weighted by Gasteiger charge is -2.30. The summed E-state index contributed by atoms with van der Waals surface area (Å²) < 4.78 is 0. The van der Waals surface area contributed by atoms with Crippen LogP contribution in [0.3, 0.4) is 0 Å². The molecular formula is C21H21N3O9. The first kappa shape index (κ1) is 24.7. The number of carbonyl (C=O) groups is 5. The second-order valence-electron chi connectivity index (χ2n) is 6.81. The average molecular weight is 459 g/mol. The van der Waals surface area contributed by atoms with Crippen molar-refractivity contribution in [3.63, 3.8) is 0 Å². The molecule has 0 aliphatic heterocycles. The van der Waals surface area contributed by atoms with Crippen LogP contribution in [-0.4, -0.2) is 76.4 Å². The van der Waals surface area contributed by atoms with Crippen LogP contribution in [0.15, 0.2) is 48.5 Å². The first-order valence-corrected chi connectivity index (χ1v) is 9.44. The van der Waals surface area contributed by atoms with Crippen molar-refractivity contribution in [3.05, 3.63) is 54.1 Å². The van der Waals surface area contributed by atoms with Crippen molar-refractivity contribution >= 4 is 46.8 Å². The molecule has 0 fully saturated rings. The third kappa shape index (κ3) is 7.54. The fraction of sp³-hybridized carbons (Fsp3) is 0.190. The van der Waals surface area contributed by atoms with E-state index in [9.17, 15) is 44.4 Å². The summed E-state index contributed by atoms with van der Waals surface area (Å²) >= 11 is 0. The van der Waals surface area contributed by atoms with Crippen LogP contribution in [0.1, 0.15) is 10.4 Å². The molecular weight excluding hydrogens is 438 g/mol. The molecule has 0 spiro atoms. The minimum atomic E-state index is -1.37. The first-order valence-electron chi connectivity index (χ1n) is 9.44. The summed E-state index contributed by atoms with van der Waals surface area (Å²) in [6, 6.07) is 12.1. The number of carbonyl (C=O) groups excluding carboxylic acids is 1. The van der Waals surface area contributed by atoms with Crippen LogP contribution < -0.4 is 15.1 Å². The van der Waals surface area contributed by atoms with Crippen molar-refractivity contribution in [2.45, 2.75) is 0 Å². The lowest BCUT2D eigenvalue weighted by Crippen LogP contribution is -2.39. The predicted molar refractivity (Wildman–Crippen MR) is 116 cm³/mol. The summed E-state index contributed by atoms with van der Waals surface area (Å²) in [7, 11) is 0. The molecule has 0 radical (unpaired) electrons. The molecule has 33 heavy (non-hydrogen) atoms. The highest BCUT2D eigenvalue weighted by Crippen LogP contribution is 2.33. The van der Waals surface area contributed by atoms with E-state index >= 15 is 0 Å². The molecule has 0 saturated carbocycles. The summed E-state index contributed by atoms with van der Waals surface area (Å²) in [5.74, 6) is -5.95. The van der Waals surface area contributed by atoms with Gasteiger partial charge in [-0.25, -0.2) is 0 Å². The molecule has 1 amide bonds. The molecule has 2 aromatic carbocycles. The number of nitrogens with zero attached hydrogens (tertiary/aromatic N) is 2. The van der Waals surface area contributed by atoms with Gasteiger partial charge in [0.05, 0.1) is 11.4 Å². The zero-order valence-corrected chi connectivity index (χ0v) is 17.2. The van der Waals surface area contributed by atoms with Crippen molar-refractivity contribution in [1.29, 1.82) is 0 Å². The van der Waals surface area contributed by atoms with Gasteiger partial charge in [-0.15, -0.1) is 0 Å². The number of carboxylic acid groups (broad SMARTS) is 4. The molecule has 2 rings (SSSR count). The first-order chi connectivity index (χ1) is 15.6. The van der Waals surface area contributed by atoms with Crippen LogP contribution in [0.4, 0.5) is 17.1 Å². The molecule has 174 valence electrons. The lowest BCUT2D eigenvalue weighted by molar-refractivity contribution is -0.138. The Kier molecular flexibility index (Phi) is 8.32. The molecule has 0 aromatic heterocycles. The number of rotatable bonds is 12. The normalized spacial score (nSPS) is 10.2. The fourth-order valence-electron chi connectivity index (χ4n) is 3.02. The van der Waals surface area contributed by atoms with Gasteiger partial charge in [-0.1, -0.05) is 18.2 Å². The number of anilines is 3. The number of nitrogens with one attached hydrogen (secondary N) is 1. The standard InChI is InChI=1S/C21H21N3O9/c25-17(26)9-23(10-18(27)28)15-7-6-14(22-21(33)13-4-2-1-3-5-13)8-16(15)24(11-19(29)30)12-20(31)32/h1-8H,9-12H2,(H,22,33)(H,25,26)(H,27,28)(H,29,30)(H,31,32). The van der Waals surface area contributed by atoms with Crippen molar-refractivity contribution < 1.29 is 44.4 Å². The van der Waals surface area contributed by atoms with Gasteiger partial charge in [0.15, 0.2) is 0 Å². The summed E-state index contributed by atoms with van der Waals surface area (Å²) in [4.78, 5) is 59.6. The Morgan fingerprint density at radius 3 is 1.55 bits per heavy atom. The molecule has 0 aliphatic carbocycles. The molecule has 0 atom stereocenters. The van der Waals surface area contributed by atoms with E-state index in [4.69, 9.17) is 0 Å². The Bertz CT molecular complexity index is 1020. The lowest BCUT2D eigenvalue weighted by atomic mass is 10.1. The number of carboxylic acids is 4. The van der Waals surface area contributed by atoms with Gasteiger partial charge in [-0.05, 0) is 30.3 Å². The van der Waals surface area contributed by atoms with Crippen LogP contribution in [0.2, 0.25) is 0 Å². The maximum absolute atomic E-state index is 12.5. The fourth-order valence-corrected chi connectivity index (χ4v) is 3.02. The third-order valence-corrected chi connectivity index (χ3v) is 4.26. The summed E-state index contributed by atoms with van der Waals surface area (Å²) in [5, 5.41) is 39.4. The van der Waals surface area contributed by atoms with E-state index < -0.39 is 56.0 Å². The van der Waals surface area contributed by atoms with E-state index in [-0.39, 0.29) is 17.1 Å². The van der Waals surface area contributed by atoms with E-state index in [0.29, 0.717) is 5.56 Å². The van der Waals surface area contributed by atoms with Gasteiger partial charge >= 0.3 is 23.9 Å². The van der Waals surface area contributed by atoms with Crippen molar-refractivity contribution in [2.24, 2.45) is 0 Å². The van der Waals surface area contributed by atoms with Gasteiger partial charge < -0.3 is 35.5 Å². The zero-order valence-electron chi connectivity index (χ0n) is 17.2. The Morgan fingerprint density at radius 2 is 1.09 bits per heavy atom. The highest BCUT2D eigenvalue weighted by molar-refractivity contribution is 6.05. The van der Waals surface area contributed by atoms with Crippen LogP contribution in [0.5, 0.6) is 0 Å². The van der Waals surface area contributed by atoms with Gasteiger partial charge in [0, 0.05) is 11.3 Å². The van der Waals surface area contributed by atoms with E-state index in [1.165, 1.54) is 18.2 Å². The Balaban J connectivity index is 2.55. The van der Waals surface area contributed by atoms with Crippen molar-refractivity contribution in [1.82, 2.24) is 0 Å². The smallest absolute Gasteiger partial charge is 0.323 e. The van der Waals surface area contributed by atoms with Gasteiger partial charge in [0.2, 0.25) is 0 Å². The van der Waals surface area contributed by atoms with Gasteiger partial charge in [0.1, 0.15) is 26.2 Å². The number of amides is 1. The number of aliphatic carboxylic acids is 4. The molecule has 0 aliphatic rings. The maximum atomic E-state index is 12.5. The van der Waals surface area contributed by atoms with E-state index in [1.807, 2.05) is 0 Å². The predicted octanol–water partition coefficient (Wildman–Crippen LogP) is 0.890. The summed E-state index contributed by atoms with van der Waals surface area (Å²) in [5.41, 5.74) is 0.386. The molecule has 0 bridgehead atoms. The number of hydrogen-bond acceptors (Lipinski definition) is 7. The SMILES string of the molecule is O=C(O)CN(CC(=O)O)c1ccc(NC(=O)c2ccccc2)cc1N(CC(=O)O)CC(=O)O. The maximum Gasteiger partial charge on any atom is 0.323 e. The van der Waals surface area contributed by atoms with Crippen LogP contribution >= 0.6 is 0 Å². The highest BCUT2D eigenvalue weighted by Gasteiger charge is 2.24. The van der Waals surface area contributed by atoms with Gasteiger partial charge in [-0.2, -0.15) is 0 Å². The minimum absolute atomic E-state index is 0.0278. The number of hydrogen-bond donors (Lipinski definition) is 5. The van der Waals surface area contributed by atoms with Gasteiger partial charge in [0.25, 0.3) is 5.91 Å². The summed E-state index contributed by atoms with van der Waals surface area (Å²) in [6.45, 7) is -3.04. The summed E-state index contributed by atoms with van der Waals surface area (Å²) in [6.07, 6.45) is 0. The Labute approximate surface area is 187 Å². The van der Waals surface area contributed by atoms with Crippen LogP contribution in [0.25, 0.3) is 0 Å². The van der Waals surface area contributed by atoms with Crippen molar-refractivity contribution in [2.75, 3.05) is 41.3 Å². The van der Waals surface area contributed by atoms with Crippen molar-refractivity contribution in [3.8, 4) is 0 Å². The minimum Gasteiger partial charge on any atom is -0.480 e. The Hall–Kier alpha value is -4.61. The zero-order chi connectivity index (χ0) is 24.5. The second kappa shape index (κ2) is 11.1. The molecule has 2 aromatic rings. The molecule has 12 heteroatoms.